The van der Waals surface area contributed by atoms with E-state index in [1.54, 1.807) is 20.8 Å². The average molecular weight is 388 g/mol. The zero-order chi connectivity index (χ0) is 19.8. The zero-order valence-corrected chi connectivity index (χ0v) is 16.3. The lowest BCUT2D eigenvalue weighted by Gasteiger charge is -2.32. The van der Waals surface area contributed by atoms with Gasteiger partial charge in [-0.2, -0.15) is 0 Å². The molecule has 1 N–H and O–H groups in total. The van der Waals surface area contributed by atoms with E-state index < -0.39 is 36.1 Å². The minimum atomic E-state index is -2.84. The predicted molar refractivity (Wildman–Crippen MR) is 95.7 cm³/mol. The summed E-state index contributed by atoms with van der Waals surface area (Å²) >= 11 is 0. The molecule has 0 aromatic rings. The number of alkyl halides is 2. The maximum atomic E-state index is 13.6. The van der Waals surface area contributed by atoms with E-state index in [0.29, 0.717) is 13.0 Å². The lowest BCUT2D eigenvalue weighted by Crippen LogP contribution is -2.50. The molecule has 7 nitrogen and oxygen atoms in total. The van der Waals surface area contributed by atoms with Gasteiger partial charge in [0.2, 0.25) is 5.91 Å². The van der Waals surface area contributed by atoms with Crippen LogP contribution in [0.3, 0.4) is 0 Å². The van der Waals surface area contributed by atoms with Crippen LogP contribution in [0.2, 0.25) is 0 Å². The number of ether oxygens (including phenoxy) is 1. The lowest BCUT2D eigenvalue weighted by molar-refractivity contribution is -0.136. The van der Waals surface area contributed by atoms with E-state index >= 15 is 0 Å². The smallest absolute Gasteiger partial charge is 0.411 e. The summed E-state index contributed by atoms with van der Waals surface area (Å²) in [7, 11) is 0. The highest BCUT2D eigenvalue weighted by molar-refractivity contribution is 5.87. The minimum Gasteiger partial charge on any atom is -0.444 e. The Morgan fingerprint density at radius 3 is 2.37 bits per heavy atom. The van der Waals surface area contributed by atoms with E-state index in [9.17, 15) is 18.4 Å². The first kappa shape index (κ1) is 20.3. The molecule has 0 aliphatic carbocycles. The molecule has 3 fully saturated rings. The summed E-state index contributed by atoms with van der Waals surface area (Å²) in [6.07, 6.45) is -0.413. The van der Waals surface area contributed by atoms with Crippen molar-refractivity contribution in [1.82, 2.24) is 20.0 Å². The van der Waals surface area contributed by atoms with Crippen LogP contribution in [0, 0.1) is 0 Å². The molecule has 3 aliphatic heterocycles. The molecule has 0 aromatic heterocycles. The molecule has 2 unspecified atom stereocenters. The molecule has 3 aliphatic rings. The normalized spacial score (nSPS) is 29.2. The fourth-order valence-corrected chi connectivity index (χ4v) is 4.02. The van der Waals surface area contributed by atoms with Gasteiger partial charge in [0.1, 0.15) is 11.6 Å². The minimum absolute atomic E-state index is 0.0305. The first-order valence-electron chi connectivity index (χ1n) is 9.67. The van der Waals surface area contributed by atoms with E-state index in [-0.39, 0.29) is 19.0 Å². The molecular weight excluding hydrogens is 358 g/mol. The topological polar surface area (TPSA) is 65.1 Å². The molecule has 9 heteroatoms. The van der Waals surface area contributed by atoms with Crippen molar-refractivity contribution in [3.8, 4) is 0 Å². The number of rotatable bonds is 2. The van der Waals surface area contributed by atoms with Gasteiger partial charge in [0.15, 0.2) is 0 Å². The number of hydrogen-bond acceptors (Lipinski definition) is 5. The number of hydrogen-bond donors (Lipinski definition) is 1. The van der Waals surface area contributed by atoms with E-state index in [0.717, 1.165) is 26.2 Å². The van der Waals surface area contributed by atoms with Crippen molar-refractivity contribution in [1.29, 1.82) is 0 Å². The van der Waals surface area contributed by atoms with Gasteiger partial charge in [0, 0.05) is 51.7 Å². The van der Waals surface area contributed by atoms with Crippen LogP contribution >= 0.6 is 0 Å². The van der Waals surface area contributed by atoms with Gasteiger partial charge in [-0.3, -0.25) is 14.6 Å². The van der Waals surface area contributed by atoms with Crippen LogP contribution in [0.25, 0.3) is 0 Å². The Labute approximate surface area is 159 Å². The number of amides is 2. The van der Waals surface area contributed by atoms with Crippen molar-refractivity contribution >= 4 is 12.0 Å². The molecule has 3 rings (SSSR count). The number of halogens is 2. The fourth-order valence-electron chi connectivity index (χ4n) is 4.02. The fraction of sp³-hybridized carbons (Fsp3) is 0.889. The molecular formula is C18H30F2N4O3. The third kappa shape index (κ3) is 4.87. The second-order valence-electron chi connectivity index (χ2n) is 8.69. The Morgan fingerprint density at radius 1 is 1.15 bits per heavy atom. The highest BCUT2D eigenvalue weighted by atomic mass is 19.3. The average Bonchev–Trinajstić information content (AvgIpc) is 3.17. The molecule has 0 saturated carbocycles. The SMILES string of the molecule is CC(C)(C)OC(=O)N1CC(N2CCNCC2)CC1C(=O)N1CCC(F)(F)C1. The van der Waals surface area contributed by atoms with Gasteiger partial charge >= 0.3 is 6.09 Å². The van der Waals surface area contributed by atoms with E-state index in [1.165, 1.54) is 9.80 Å². The second kappa shape index (κ2) is 7.50. The Morgan fingerprint density at radius 2 is 1.81 bits per heavy atom. The summed E-state index contributed by atoms with van der Waals surface area (Å²) in [5.74, 6) is -3.24. The van der Waals surface area contributed by atoms with E-state index in [4.69, 9.17) is 4.74 Å². The van der Waals surface area contributed by atoms with Crippen LogP contribution in [-0.2, 0) is 9.53 Å². The summed E-state index contributed by atoms with van der Waals surface area (Å²) in [5, 5.41) is 3.29. The second-order valence-corrected chi connectivity index (χ2v) is 8.69. The molecule has 3 heterocycles. The van der Waals surface area contributed by atoms with Gasteiger partial charge in [0.25, 0.3) is 5.92 Å². The molecule has 154 valence electrons. The Kier molecular flexibility index (Phi) is 5.63. The van der Waals surface area contributed by atoms with Gasteiger partial charge in [-0.25, -0.2) is 13.6 Å². The van der Waals surface area contributed by atoms with E-state index in [2.05, 4.69) is 10.2 Å². The molecule has 0 bridgehead atoms. The maximum Gasteiger partial charge on any atom is 0.411 e. The third-order valence-electron chi connectivity index (χ3n) is 5.34. The number of nitrogens with zero attached hydrogens (tertiary/aromatic N) is 3. The largest absolute Gasteiger partial charge is 0.444 e. The monoisotopic (exact) mass is 388 g/mol. The number of piperazine rings is 1. The standard InChI is InChI=1S/C18H30F2N4O3/c1-17(2,3)27-16(26)24-11-13(22-8-5-21-6-9-22)10-14(24)15(25)23-7-4-18(19,20)12-23/h13-14,21H,4-12H2,1-3H3. The predicted octanol–water partition coefficient (Wildman–Crippen LogP) is 1.14. The van der Waals surface area contributed by atoms with Crippen LogP contribution in [0.5, 0.6) is 0 Å². The van der Waals surface area contributed by atoms with Crippen LogP contribution in [0.4, 0.5) is 13.6 Å². The van der Waals surface area contributed by atoms with Crippen molar-refractivity contribution < 1.29 is 23.1 Å². The van der Waals surface area contributed by atoms with Crippen molar-refractivity contribution in [3.63, 3.8) is 0 Å². The first-order valence-corrected chi connectivity index (χ1v) is 9.67. The van der Waals surface area contributed by atoms with Gasteiger partial charge < -0.3 is 15.0 Å². The van der Waals surface area contributed by atoms with Crippen molar-refractivity contribution in [2.75, 3.05) is 45.8 Å². The van der Waals surface area contributed by atoms with Gasteiger partial charge in [-0.15, -0.1) is 0 Å². The van der Waals surface area contributed by atoms with Crippen LogP contribution in [0.15, 0.2) is 0 Å². The van der Waals surface area contributed by atoms with E-state index in [1.807, 2.05) is 0 Å². The number of carbonyl (C=O) groups is 2. The first-order chi connectivity index (χ1) is 12.6. The molecule has 3 saturated heterocycles. The zero-order valence-electron chi connectivity index (χ0n) is 16.3. The lowest BCUT2D eigenvalue weighted by atomic mass is 10.1. The number of likely N-dealkylation sites (tertiary alicyclic amines) is 2. The summed E-state index contributed by atoms with van der Waals surface area (Å²) in [6.45, 7) is 8.57. The number of nitrogens with one attached hydrogen (secondary N) is 1. The van der Waals surface area contributed by atoms with Gasteiger partial charge in [-0.05, 0) is 27.2 Å². The summed E-state index contributed by atoms with van der Waals surface area (Å²) < 4.78 is 32.6. The highest BCUT2D eigenvalue weighted by Crippen LogP contribution is 2.31. The Balaban J connectivity index is 1.74. The molecule has 0 aromatic carbocycles. The quantitative estimate of drug-likeness (QED) is 0.769. The van der Waals surface area contributed by atoms with Crippen LogP contribution in [-0.4, -0.2) is 96.1 Å². The van der Waals surface area contributed by atoms with Crippen molar-refractivity contribution in [2.45, 2.75) is 57.2 Å². The molecule has 0 spiro atoms. The maximum absolute atomic E-state index is 13.6. The Bertz CT molecular complexity index is 575. The molecule has 0 radical (unpaired) electrons. The van der Waals surface area contributed by atoms with Crippen molar-refractivity contribution in [2.24, 2.45) is 0 Å². The van der Waals surface area contributed by atoms with Gasteiger partial charge in [0.05, 0.1) is 6.54 Å². The molecule has 2 atom stereocenters. The highest BCUT2D eigenvalue weighted by Gasteiger charge is 2.48. The summed E-state index contributed by atoms with van der Waals surface area (Å²) in [6, 6.07) is -0.703. The van der Waals surface area contributed by atoms with Gasteiger partial charge in [-0.1, -0.05) is 0 Å². The number of carbonyl (C=O) groups excluding carboxylic acids is 2. The Hall–Kier alpha value is -1.48. The van der Waals surface area contributed by atoms with Crippen LogP contribution in [0.1, 0.15) is 33.6 Å². The summed E-state index contributed by atoms with van der Waals surface area (Å²) in [4.78, 5) is 30.6. The van der Waals surface area contributed by atoms with Crippen LogP contribution < -0.4 is 5.32 Å². The van der Waals surface area contributed by atoms with Crippen molar-refractivity contribution in [3.05, 3.63) is 0 Å². The molecule has 27 heavy (non-hydrogen) atoms. The summed E-state index contributed by atoms with van der Waals surface area (Å²) in [5.41, 5.74) is -0.682. The molecule has 2 amide bonds. The third-order valence-corrected chi connectivity index (χ3v) is 5.34.